The van der Waals surface area contributed by atoms with Crippen LogP contribution in [0.2, 0.25) is 0 Å². The molecule has 0 saturated heterocycles. The summed E-state index contributed by atoms with van der Waals surface area (Å²) in [5, 5.41) is 2.21. The van der Waals surface area contributed by atoms with Crippen LogP contribution in [0.25, 0.3) is 83.0 Å². The molecule has 0 radical (unpaired) electrons. The van der Waals surface area contributed by atoms with Crippen molar-refractivity contribution < 1.29 is 52.7 Å². The summed E-state index contributed by atoms with van der Waals surface area (Å²) in [5.41, 5.74) is -4.21. The number of nitrogens with zero attached hydrogens (tertiary/aromatic N) is 4. The second-order valence-corrected chi connectivity index (χ2v) is 14.6. The number of benzene rings is 6. The summed E-state index contributed by atoms with van der Waals surface area (Å²) in [7, 11) is 0. The van der Waals surface area contributed by atoms with Crippen LogP contribution in [0.4, 0.5) is 52.7 Å². The van der Waals surface area contributed by atoms with Gasteiger partial charge >= 0.3 is 24.7 Å². The molecule has 0 spiro atoms. The molecular formula is C47H24F12N4. The van der Waals surface area contributed by atoms with Crippen molar-refractivity contribution >= 4 is 32.6 Å². The zero-order valence-electron chi connectivity index (χ0n) is 31.7. The van der Waals surface area contributed by atoms with E-state index in [0.29, 0.717) is 52.1 Å². The van der Waals surface area contributed by atoms with E-state index in [-0.39, 0.29) is 39.9 Å². The molecule has 0 amide bonds. The molecule has 0 unspecified atom stereocenters. The van der Waals surface area contributed by atoms with Gasteiger partial charge in [0.15, 0.2) is 5.82 Å². The molecule has 0 atom stereocenters. The second kappa shape index (κ2) is 14.7. The second-order valence-electron chi connectivity index (χ2n) is 14.6. The quantitative estimate of drug-likeness (QED) is 0.162. The van der Waals surface area contributed by atoms with Crippen LogP contribution in [0.15, 0.2) is 146 Å². The Balaban J connectivity index is 1.27. The van der Waals surface area contributed by atoms with Gasteiger partial charge in [0.25, 0.3) is 0 Å². The first-order chi connectivity index (χ1) is 29.7. The lowest BCUT2D eigenvalue weighted by molar-refractivity contribution is -0.144. The molecule has 0 aliphatic carbocycles. The molecule has 4 nitrogen and oxygen atoms in total. The van der Waals surface area contributed by atoms with E-state index in [4.69, 9.17) is 0 Å². The monoisotopic (exact) mass is 872 g/mol. The average molecular weight is 873 g/mol. The Morgan fingerprint density at radius 1 is 0.381 bits per heavy atom. The van der Waals surface area contributed by atoms with E-state index < -0.39 is 58.1 Å². The normalized spacial score (nSPS) is 12.8. The summed E-state index contributed by atoms with van der Waals surface area (Å²) in [6.07, 6.45) is -14.0. The Labute approximate surface area is 347 Å². The minimum Gasteiger partial charge on any atom is -0.309 e. The van der Waals surface area contributed by atoms with Gasteiger partial charge in [-0.25, -0.2) is 9.97 Å². The molecular weight excluding hydrogens is 849 g/mol. The van der Waals surface area contributed by atoms with Crippen LogP contribution >= 0.6 is 0 Å². The summed E-state index contributed by atoms with van der Waals surface area (Å²) in [6, 6.07) is 24.9. The zero-order chi connectivity index (χ0) is 44.6. The SMILES string of the molecule is FC(F)(F)c1cc(-c2ccc3c(c2)c2cc(-c4cc(C(F)(F)F)cc(C(F)(F)F)c4)ccc2n3-c2ccccc2-c2ncc(-c3cccc4ccncc34)cn2)cc(C(F)(F)F)c1. The van der Waals surface area contributed by atoms with E-state index in [9.17, 15) is 52.7 Å². The van der Waals surface area contributed by atoms with Gasteiger partial charge in [-0.3, -0.25) is 4.98 Å². The van der Waals surface area contributed by atoms with Crippen LogP contribution in [0.1, 0.15) is 22.3 Å². The number of rotatable bonds is 5. The van der Waals surface area contributed by atoms with Crippen LogP contribution < -0.4 is 0 Å². The fourth-order valence-electron chi connectivity index (χ4n) is 7.71. The topological polar surface area (TPSA) is 43.6 Å². The third-order valence-electron chi connectivity index (χ3n) is 10.6. The van der Waals surface area contributed by atoms with E-state index in [1.54, 1.807) is 53.6 Å². The number of pyridine rings is 1. The van der Waals surface area contributed by atoms with E-state index in [0.717, 1.165) is 16.3 Å². The van der Waals surface area contributed by atoms with Gasteiger partial charge in [0.05, 0.1) is 39.0 Å². The molecule has 0 fully saturated rings. The highest BCUT2D eigenvalue weighted by Crippen LogP contribution is 2.44. The molecule has 3 aromatic heterocycles. The molecule has 316 valence electrons. The smallest absolute Gasteiger partial charge is 0.309 e. The molecule has 6 aromatic carbocycles. The first kappa shape index (κ1) is 41.1. The van der Waals surface area contributed by atoms with Crippen molar-refractivity contribution in [3.05, 3.63) is 168 Å². The highest BCUT2D eigenvalue weighted by molar-refractivity contribution is 6.12. The zero-order valence-corrected chi connectivity index (χ0v) is 31.7. The van der Waals surface area contributed by atoms with Gasteiger partial charge in [-0.05, 0) is 112 Å². The number of fused-ring (bicyclic) bond motifs is 4. The van der Waals surface area contributed by atoms with Crippen molar-refractivity contribution in [2.24, 2.45) is 0 Å². The van der Waals surface area contributed by atoms with E-state index in [1.165, 1.54) is 36.4 Å². The number of aromatic nitrogens is 4. The van der Waals surface area contributed by atoms with Crippen molar-refractivity contribution in [1.29, 1.82) is 0 Å². The Morgan fingerprint density at radius 3 is 1.35 bits per heavy atom. The van der Waals surface area contributed by atoms with E-state index >= 15 is 0 Å². The van der Waals surface area contributed by atoms with Crippen molar-refractivity contribution in [2.45, 2.75) is 24.7 Å². The first-order valence-corrected chi connectivity index (χ1v) is 18.7. The van der Waals surface area contributed by atoms with Crippen LogP contribution in [-0.2, 0) is 24.7 Å². The van der Waals surface area contributed by atoms with Crippen LogP contribution in [0, 0.1) is 0 Å². The third-order valence-corrected chi connectivity index (χ3v) is 10.6. The minimum atomic E-state index is -5.15. The predicted molar refractivity (Wildman–Crippen MR) is 213 cm³/mol. The lowest BCUT2D eigenvalue weighted by Crippen LogP contribution is -2.11. The van der Waals surface area contributed by atoms with E-state index in [1.807, 2.05) is 24.3 Å². The fourth-order valence-corrected chi connectivity index (χ4v) is 7.71. The summed E-state index contributed by atoms with van der Waals surface area (Å²) in [4.78, 5) is 13.6. The maximum Gasteiger partial charge on any atom is 0.416 e. The number of para-hydroxylation sites is 1. The van der Waals surface area contributed by atoms with Gasteiger partial charge in [-0.2, -0.15) is 52.7 Å². The average Bonchev–Trinajstić information content (AvgIpc) is 3.57. The Morgan fingerprint density at radius 2 is 0.857 bits per heavy atom. The van der Waals surface area contributed by atoms with Crippen molar-refractivity contribution in [3.8, 4) is 50.5 Å². The van der Waals surface area contributed by atoms with Gasteiger partial charge in [0, 0.05) is 52.1 Å². The predicted octanol–water partition coefficient (Wildman–Crippen LogP) is 14.9. The lowest BCUT2D eigenvalue weighted by Gasteiger charge is -2.15. The van der Waals surface area contributed by atoms with Gasteiger partial charge in [-0.1, -0.05) is 42.5 Å². The molecule has 0 N–H and O–H groups in total. The lowest BCUT2D eigenvalue weighted by atomic mass is 9.96. The molecule has 9 aromatic rings. The first-order valence-electron chi connectivity index (χ1n) is 18.7. The van der Waals surface area contributed by atoms with E-state index in [2.05, 4.69) is 15.0 Å². The third kappa shape index (κ3) is 7.70. The fraction of sp³-hybridized carbons (Fsp3) is 0.0851. The minimum absolute atomic E-state index is 0.00472. The summed E-state index contributed by atoms with van der Waals surface area (Å²) < 4.78 is 169. The molecule has 0 aliphatic rings. The molecule has 9 rings (SSSR count). The van der Waals surface area contributed by atoms with Crippen LogP contribution in [-0.4, -0.2) is 19.5 Å². The standard InChI is InChI=1S/C47H24F12N4/c48-44(49,50)31-14-28(15-32(20-31)45(51,52)53)26-8-10-41-37(18-26)38-19-27(29-16-33(46(54,55)56)21-34(17-29)47(57,58)59)9-11-42(38)63(41)40-7-2-1-5-36(40)43-61-22-30(23-62-43)35-6-3-4-25-12-13-60-24-39(25)35/h1-24H. The van der Waals surface area contributed by atoms with Crippen molar-refractivity contribution in [3.63, 3.8) is 0 Å². The number of alkyl halides is 12. The molecule has 0 aliphatic heterocycles. The maximum absolute atomic E-state index is 13.9. The van der Waals surface area contributed by atoms with Crippen molar-refractivity contribution in [1.82, 2.24) is 19.5 Å². The maximum atomic E-state index is 13.9. The van der Waals surface area contributed by atoms with Crippen LogP contribution in [0.5, 0.6) is 0 Å². The Hall–Kier alpha value is -7.23. The number of hydrogen-bond donors (Lipinski definition) is 0. The largest absolute Gasteiger partial charge is 0.416 e. The molecule has 63 heavy (non-hydrogen) atoms. The molecule has 0 bridgehead atoms. The summed E-state index contributed by atoms with van der Waals surface area (Å²) >= 11 is 0. The summed E-state index contributed by atoms with van der Waals surface area (Å²) in [5.74, 6) is 0.253. The van der Waals surface area contributed by atoms with Crippen molar-refractivity contribution in [2.75, 3.05) is 0 Å². The van der Waals surface area contributed by atoms with Gasteiger partial charge in [-0.15, -0.1) is 0 Å². The number of halogens is 12. The molecule has 0 saturated carbocycles. The Kier molecular flexibility index (Phi) is 9.60. The van der Waals surface area contributed by atoms with Crippen LogP contribution in [0.3, 0.4) is 0 Å². The van der Waals surface area contributed by atoms with Gasteiger partial charge in [0.2, 0.25) is 0 Å². The summed E-state index contributed by atoms with van der Waals surface area (Å²) in [6.45, 7) is 0. The van der Waals surface area contributed by atoms with Gasteiger partial charge < -0.3 is 4.57 Å². The highest BCUT2D eigenvalue weighted by Gasteiger charge is 2.38. The molecule has 3 heterocycles. The number of hydrogen-bond acceptors (Lipinski definition) is 3. The Bertz CT molecular complexity index is 3030. The molecule has 16 heteroatoms. The highest BCUT2D eigenvalue weighted by atomic mass is 19.4. The van der Waals surface area contributed by atoms with Gasteiger partial charge in [0.1, 0.15) is 0 Å².